The van der Waals surface area contributed by atoms with Crippen LogP contribution >= 0.6 is 0 Å². The summed E-state index contributed by atoms with van der Waals surface area (Å²) in [6.45, 7) is 4.09. The van der Waals surface area contributed by atoms with E-state index in [1.807, 2.05) is 13.8 Å². The van der Waals surface area contributed by atoms with Crippen LogP contribution in [0.4, 0.5) is 4.39 Å². The normalized spacial score (nSPS) is 50.1. The Hall–Kier alpha value is -0.190. The molecule has 0 unspecified atom stereocenters. The highest BCUT2D eigenvalue weighted by atomic mass is 19.1. The standard InChI is InChI=1S/C9H15FO3/c1-4(2)6-7(10)5-3-12-9(13-5)8(6)11/h4-9,11H,3H2,1-2H3/t5-,6-,7+,8+,9-/m1/s1. The summed E-state index contributed by atoms with van der Waals surface area (Å²) in [5, 5.41) is 9.71. The topological polar surface area (TPSA) is 38.7 Å². The quantitative estimate of drug-likeness (QED) is 0.662. The number of fused-ring (bicyclic) bond motifs is 2. The summed E-state index contributed by atoms with van der Waals surface area (Å²) in [4.78, 5) is 0. The minimum atomic E-state index is -1.10. The first-order valence-corrected chi connectivity index (χ1v) is 4.70. The van der Waals surface area contributed by atoms with E-state index in [1.54, 1.807) is 0 Å². The van der Waals surface area contributed by atoms with Gasteiger partial charge in [-0.05, 0) is 5.92 Å². The van der Waals surface area contributed by atoms with Gasteiger partial charge in [0, 0.05) is 5.92 Å². The summed E-state index contributed by atoms with van der Waals surface area (Å²) in [6.07, 6.45) is -3.01. The molecule has 0 radical (unpaired) electrons. The van der Waals surface area contributed by atoms with Crippen LogP contribution in [0, 0.1) is 11.8 Å². The fourth-order valence-electron chi connectivity index (χ4n) is 2.17. The molecule has 2 bridgehead atoms. The van der Waals surface area contributed by atoms with Crippen LogP contribution in [0.25, 0.3) is 0 Å². The molecule has 2 heterocycles. The Kier molecular flexibility index (Phi) is 2.30. The van der Waals surface area contributed by atoms with Gasteiger partial charge in [0.2, 0.25) is 0 Å². The van der Waals surface area contributed by atoms with Crippen molar-refractivity contribution in [2.75, 3.05) is 6.61 Å². The molecule has 2 aliphatic rings. The van der Waals surface area contributed by atoms with Gasteiger partial charge in [0.1, 0.15) is 18.4 Å². The van der Waals surface area contributed by atoms with E-state index in [4.69, 9.17) is 9.47 Å². The van der Waals surface area contributed by atoms with Crippen LogP contribution < -0.4 is 0 Å². The number of hydrogen-bond donors (Lipinski definition) is 1. The second kappa shape index (κ2) is 3.19. The predicted octanol–water partition coefficient (Wildman–Crippen LogP) is 0.713. The number of rotatable bonds is 1. The van der Waals surface area contributed by atoms with Crippen molar-refractivity contribution in [2.45, 2.75) is 38.5 Å². The SMILES string of the molecule is CC(C)[C@H]1[C@H](O)[C@@H]2OC[C@@H](O2)[C@@H]1F. The van der Waals surface area contributed by atoms with Crippen LogP contribution in [0.15, 0.2) is 0 Å². The molecule has 5 atom stereocenters. The number of alkyl halides is 1. The van der Waals surface area contributed by atoms with E-state index >= 15 is 0 Å². The summed E-state index contributed by atoms with van der Waals surface area (Å²) in [5.41, 5.74) is 0. The maximum Gasteiger partial charge on any atom is 0.184 e. The third-order valence-corrected chi connectivity index (χ3v) is 2.90. The first kappa shape index (κ1) is 9.37. The first-order valence-electron chi connectivity index (χ1n) is 4.70. The molecular formula is C9H15FO3. The van der Waals surface area contributed by atoms with Crippen molar-refractivity contribution in [3.8, 4) is 0 Å². The Morgan fingerprint density at radius 3 is 2.77 bits per heavy atom. The highest BCUT2D eigenvalue weighted by Gasteiger charge is 2.51. The van der Waals surface area contributed by atoms with Gasteiger partial charge >= 0.3 is 0 Å². The van der Waals surface area contributed by atoms with Gasteiger partial charge in [-0.2, -0.15) is 0 Å². The molecule has 1 N–H and O–H groups in total. The van der Waals surface area contributed by atoms with Gasteiger partial charge in [-0.3, -0.25) is 0 Å². The number of aliphatic hydroxyl groups is 1. The lowest BCUT2D eigenvalue weighted by molar-refractivity contribution is -0.203. The number of hydrogen-bond acceptors (Lipinski definition) is 3. The van der Waals surface area contributed by atoms with E-state index in [-0.39, 0.29) is 18.4 Å². The number of ether oxygens (including phenoxy) is 2. The van der Waals surface area contributed by atoms with Crippen LogP contribution in [0.5, 0.6) is 0 Å². The zero-order chi connectivity index (χ0) is 9.59. The Labute approximate surface area is 76.8 Å². The number of aliphatic hydroxyl groups excluding tert-OH is 1. The predicted molar refractivity (Wildman–Crippen MR) is 43.8 cm³/mol. The van der Waals surface area contributed by atoms with E-state index in [1.165, 1.54) is 0 Å². The van der Waals surface area contributed by atoms with Crippen molar-refractivity contribution in [1.82, 2.24) is 0 Å². The van der Waals surface area contributed by atoms with E-state index in [0.717, 1.165) is 0 Å². The van der Waals surface area contributed by atoms with E-state index in [9.17, 15) is 9.50 Å². The second-order valence-corrected chi connectivity index (χ2v) is 4.13. The van der Waals surface area contributed by atoms with Gasteiger partial charge in [0.25, 0.3) is 0 Å². The third-order valence-electron chi connectivity index (χ3n) is 2.90. The van der Waals surface area contributed by atoms with Crippen LogP contribution in [0.1, 0.15) is 13.8 Å². The summed E-state index contributed by atoms with van der Waals surface area (Å²) in [6, 6.07) is 0. The summed E-state index contributed by atoms with van der Waals surface area (Å²) in [7, 11) is 0. The van der Waals surface area contributed by atoms with Crippen molar-refractivity contribution in [3.05, 3.63) is 0 Å². The Bertz CT molecular complexity index is 181. The van der Waals surface area contributed by atoms with Crippen LogP contribution in [0.3, 0.4) is 0 Å². The maximum atomic E-state index is 13.7. The van der Waals surface area contributed by atoms with Crippen LogP contribution in [0.2, 0.25) is 0 Å². The zero-order valence-corrected chi connectivity index (χ0v) is 7.81. The average molecular weight is 190 g/mol. The molecule has 3 nitrogen and oxygen atoms in total. The van der Waals surface area contributed by atoms with Crippen LogP contribution in [-0.2, 0) is 9.47 Å². The molecule has 0 aromatic heterocycles. The second-order valence-electron chi connectivity index (χ2n) is 4.13. The molecule has 0 amide bonds. The van der Waals surface area contributed by atoms with Crippen molar-refractivity contribution < 1.29 is 19.0 Å². The lowest BCUT2D eigenvalue weighted by Crippen LogP contribution is -2.50. The molecule has 2 saturated heterocycles. The molecule has 0 aliphatic carbocycles. The van der Waals surface area contributed by atoms with E-state index in [2.05, 4.69) is 0 Å². The first-order chi connectivity index (χ1) is 6.11. The minimum absolute atomic E-state index is 0.112. The molecule has 2 fully saturated rings. The van der Waals surface area contributed by atoms with Crippen molar-refractivity contribution >= 4 is 0 Å². The van der Waals surface area contributed by atoms with Gasteiger partial charge in [0.15, 0.2) is 6.29 Å². The van der Waals surface area contributed by atoms with E-state index < -0.39 is 24.7 Å². The van der Waals surface area contributed by atoms with E-state index in [0.29, 0.717) is 0 Å². The minimum Gasteiger partial charge on any atom is -0.387 e. The highest BCUT2D eigenvalue weighted by Crippen LogP contribution is 2.37. The third kappa shape index (κ3) is 1.37. The molecule has 13 heavy (non-hydrogen) atoms. The van der Waals surface area contributed by atoms with Gasteiger partial charge in [-0.15, -0.1) is 0 Å². The molecule has 0 saturated carbocycles. The summed E-state index contributed by atoms with van der Waals surface area (Å²) in [5.74, 6) is -0.244. The molecule has 76 valence electrons. The number of halogens is 1. The Morgan fingerprint density at radius 2 is 2.15 bits per heavy atom. The van der Waals surface area contributed by atoms with Gasteiger partial charge in [0.05, 0.1) is 6.61 Å². The Morgan fingerprint density at radius 1 is 1.46 bits per heavy atom. The highest BCUT2D eigenvalue weighted by molar-refractivity contribution is 4.94. The lowest BCUT2D eigenvalue weighted by atomic mass is 9.82. The largest absolute Gasteiger partial charge is 0.387 e. The van der Waals surface area contributed by atoms with Crippen LogP contribution in [-0.4, -0.2) is 36.4 Å². The van der Waals surface area contributed by atoms with Crippen molar-refractivity contribution in [2.24, 2.45) is 11.8 Å². The Balaban J connectivity index is 2.17. The summed E-state index contributed by atoms with van der Waals surface area (Å²) >= 11 is 0. The fraction of sp³-hybridized carbons (Fsp3) is 1.00. The molecule has 2 rings (SSSR count). The molecule has 0 spiro atoms. The monoisotopic (exact) mass is 190 g/mol. The average Bonchev–Trinajstić information content (AvgIpc) is 2.46. The summed E-state index contributed by atoms with van der Waals surface area (Å²) < 4.78 is 24.0. The lowest BCUT2D eigenvalue weighted by Gasteiger charge is -2.36. The molecule has 2 aliphatic heterocycles. The van der Waals surface area contributed by atoms with Crippen molar-refractivity contribution in [3.63, 3.8) is 0 Å². The maximum absolute atomic E-state index is 13.7. The van der Waals surface area contributed by atoms with Gasteiger partial charge < -0.3 is 14.6 Å². The molecule has 0 aromatic rings. The zero-order valence-electron chi connectivity index (χ0n) is 7.81. The molecular weight excluding hydrogens is 175 g/mol. The smallest absolute Gasteiger partial charge is 0.184 e. The molecule has 0 aromatic carbocycles. The van der Waals surface area contributed by atoms with Gasteiger partial charge in [-0.25, -0.2) is 4.39 Å². The van der Waals surface area contributed by atoms with Gasteiger partial charge in [-0.1, -0.05) is 13.8 Å². The van der Waals surface area contributed by atoms with Crippen molar-refractivity contribution in [1.29, 1.82) is 0 Å². The fourth-order valence-corrected chi connectivity index (χ4v) is 2.17. The molecule has 4 heteroatoms.